The normalized spacial score (nSPS) is 22.6. The van der Waals surface area contributed by atoms with Gasteiger partial charge in [-0.25, -0.2) is 4.99 Å². The Morgan fingerprint density at radius 3 is 2.41 bits per heavy atom. The molecular formula is C23H18Cl2N2OS. The Hall–Kier alpha value is -2.01. The fourth-order valence-electron chi connectivity index (χ4n) is 4.18. The minimum atomic E-state index is -0.105. The van der Waals surface area contributed by atoms with Gasteiger partial charge in [-0.1, -0.05) is 59.2 Å². The van der Waals surface area contributed by atoms with Crippen molar-refractivity contribution < 1.29 is 4.79 Å². The van der Waals surface area contributed by atoms with Gasteiger partial charge in [-0.2, -0.15) is 0 Å². The molecule has 0 radical (unpaired) electrons. The third kappa shape index (κ3) is 3.54. The molecule has 5 rings (SSSR count). The van der Waals surface area contributed by atoms with E-state index in [9.17, 15) is 4.79 Å². The summed E-state index contributed by atoms with van der Waals surface area (Å²) in [5, 5.41) is 2.23. The molecule has 1 saturated heterocycles. The fourth-order valence-corrected chi connectivity index (χ4v) is 5.33. The van der Waals surface area contributed by atoms with E-state index in [4.69, 9.17) is 28.2 Å². The second kappa shape index (κ2) is 7.67. The zero-order chi connectivity index (χ0) is 20.0. The van der Waals surface area contributed by atoms with E-state index < -0.39 is 0 Å². The van der Waals surface area contributed by atoms with E-state index in [1.165, 1.54) is 22.9 Å². The first-order valence-electron chi connectivity index (χ1n) is 9.59. The van der Waals surface area contributed by atoms with E-state index in [-0.39, 0.29) is 11.9 Å². The van der Waals surface area contributed by atoms with Crippen LogP contribution in [-0.4, -0.2) is 21.7 Å². The maximum Gasteiger partial charge on any atom is 0.239 e. The molecule has 0 saturated carbocycles. The molecule has 6 heteroatoms. The number of hydrogen-bond donors (Lipinski definition) is 0. The van der Waals surface area contributed by atoms with Crippen LogP contribution < -0.4 is 0 Å². The zero-order valence-corrected chi connectivity index (χ0v) is 17.9. The molecule has 2 aromatic rings. The van der Waals surface area contributed by atoms with Gasteiger partial charge >= 0.3 is 0 Å². The summed E-state index contributed by atoms with van der Waals surface area (Å²) in [4.78, 5) is 19.5. The second-order valence-electron chi connectivity index (χ2n) is 7.35. The number of carbonyl (C=O) groups is 1. The summed E-state index contributed by atoms with van der Waals surface area (Å²) in [7, 11) is 0. The van der Waals surface area contributed by atoms with E-state index in [1.54, 1.807) is 0 Å². The lowest BCUT2D eigenvalue weighted by Gasteiger charge is -2.37. The molecule has 0 bridgehead atoms. The molecule has 3 nitrogen and oxygen atoms in total. The molecule has 29 heavy (non-hydrogen) atoms. The van der Waals surface area contributed by atoms with Crippen molar-refractivity contribution in [2.45, 2.75) is 25.3 Å². The number of halogens is 2. The highest BCUT2D eigenvalue weighted by atomic mass is 35.5. The molecule has 0 aromatic heterocycles. The monoisotopic (exact) mass is 440 g/mol. The number of aliphatic imine (C=N–C) groups is 1. The lowest BCUT2D eigenvalue weighted by molar-refractivity contribution is -0.125. The molecule has 0 N–H and O–H groups in total. The van der Waals surface area contributed by atoms with Gasteiger partial charge < -0.3 is 0 Å². The predicted octanol–water partition coefficient (Wildman–Crippen LogP) is 6.50. The Labute approximate surface area is 184 Å². The smallest absolute Gasteiger partial charge is 0.239 e. The van der Waals surface area contributed by atoms with Gasteiger partial charge in [-0.05, 0) is 71.9 Å². The number of carbonyl (C=O) groups excluding carboxylic acids is 1. The van der Waals surface area contributed by atoms with Crippen molar-refractivity contribution in [1.82, 2.24) is 4.90 Å². The molecule has 1 fully saturated rings. The number of amidine groups is 1. The number of allylic oxidation sites excluding steroid dienone is 1. The van der Waals surface area contributed by atoms with Gasteiger partial charge in [0.25, 0.3) is 0 Å². The Morgan fingerprint density at radius 1 is 1.00 bits per heavy atom. The number of hydrogen-bond acceptors (Lipinski definition) is 3. The van der Waals surface area contributed by atoms with E-state index in [0.29, 0.717) is 10.8 Å². The SMILES string of the molecule is O=C1CSC2=NC3=C(CCC/C3=C\c3ccc(Cl)cc3)[C@@H](c3ccc(Cl)cc3)N12. The quantitative estimate of drug-likeness (QED) is 0.533. The molecule has 1 aliphatic carbocycles. The van der Waals surface area contributed by atoms with Crippen LogP contribution in [0.1, 0.15) is 36.4 Å². The minimum Gasteiger partial charge on any atom is -0.279 e. The van der Waals surface area contributed by atoms with Gasteiger partial charge in [0.1, 0.15) is 0 Å². The number of thioether (sulfide) groups is 1. The first-order chi connectivity index (χ1) is 14.1. The zero-order valence-electron chi connectivity index (χ0n) is 15.6. The maximum absolute atomic E-state index is 12.7. The van der Waals surface area contributed by atoms with Crippen LogP contribution in [0.25, 0.3) is 6.08 Å². The van der Waals surface area contributed by atoms with Crippen molar-refractivity contribution in [3.63, 3.8) is 0 Å². The van der Waals surface area contributed by atoms with Crippen LogP contribution in [0.5, 0.6) is 0 Å². The minimum absolute atomic E-state index is 0.105. The number of fused-ring (bicyclic) bond motifs is 1. The van der Waals surface area contributed by atoms with E-state index in [2.05, 4.69) is 6.08 Å². The average molecular weight is 441 g/mol. The molecule has 2 aliphatic heterocycles. The highest BCUT2D eigenvalue weighted by Crippen LogP contribution is 2.47. The third-order valence-corrected chi connectivity index (χ3v) is 6.93. The molecule has 2 heterocycles. The Balaban J connectivity index is 1.64. The van der Waals surface area contributed by atoms with Crippen LogP contribution >= 0.6 is 35.0 Å². The first kappa shape index (κ1) is 19.0. The molecule has 0 unspecified atom stereocenters. The van der Waals surface area contributed by atoms with Crippen molar-refractivity contribution in [3.8, 4) is 0 Å². The molecular weight excluding hydrogens is 423 g/mol. The molecule has 3 aliphatic rings. The van der Waals surface area contributed by atoms with Crippen molar-refractivity contribution >= 4 is 52.1 Å². The molecule has 1 atom stereocenters. The van der Waals surface area contributed by atoms with Gasteiger partial charge in [0.05, 0.1) is 17.5 Å². The topological polar surface area (TPSA) is 32.7 Å². The van der Waals surface area contributed by atoms with Crippen LogP contribution in [0, 0.1) is 0 Å². The van der Waals surface area contributed by atoms with Crippen molar-refractivity contribution in [1.29, 1.82) is 0 Å². The average Bonchev–Trinajstić information content (AvgIpc) is 3.10. The third-order valence-electron chi connectivity index (χ3n) is 5.49. The van der Waals surface area contributed by atoms with Crippen LogP contribution in [0.2, 0.25) is 10.0 Å². The van der Waals surface area contributed by atoms with Gasteiger partial charge in [0.2, 0.25) is 5.91 Å². The highest BCUT2D eigenvalue weighted by molar-refractivity contribution is 8.15. The van der Waals surface area contributed by atoms with Gasteiger partial charge in [0, 0.05) is 10.0 Å². The van der Waals surface area contributed by atoms with Crippen molar-refractivity contribution in [2.24, 2.45) is 4.99 Å². The number of rotatable bonds is 2. The van der Waals surface area contributed by atoms with Crippen LogP contribution in [0.4, 0.5) is 0 Å². The van der Waals surface area contributed by atoms with Crippen molar-refractivity contribution in [2.75, 3.05) is 5.75 Å². The summed E-state index contributed by atoms with van der Waals surface area (Å²) in [5.41, 5.74) is 5.68. The molecule has 146 valence electrons. The molecule has 2 aromatic carbocycles. The first-order valence-corrected chi connectivity index (χ1v) is 11.3. The van der Waals surface area contributed by atoms with E-state index in [1.807, 2.05) is 53.4 Å². The predicted molar refractivity (Wildman–Crippen MR) is 121 cm³/mol. The van der Waals surface area contributed by atoms with Crippen LogP contribution in [0.3, 0.4) is 0 Å². The van der Waals surface area contributed by atoms with Crippen LogP contribution in [0.15, 0.2) is 70.4 Å². The summed E-state index contributed by atoms with van der Waals surface area (Å²) < 4.78 is 0. The Kier molecular flexibility index (Phi) is 5.02. The summed E-state index contributed by atoms with van der Waals surface area (Å²) in [5.74, 6) is 0.564. The van der Waals surface area contributed by atoms with E-state index >= 15 is 0 Å². The summed E-state index contributed by atoms with van der Waals surface area (Å²) in [6.07, 6.45) is 5.16. The summed E-state index contributed by atoms with van der Waals surface area (Å²) >= 11 is 13.7. The lowest BCUT2D eigenvalue weighted by Crippen LogP contribution is -2.38. The molecule has 1 amide bonds. The van der Waals surface area contributed by atoms with Crippen LogP contribution in [-0.2, 0) is 4.79 Å². The van der Waals surface area contributed by atoms with Crippen molar-refractivity contribution in [3.05, 3.63) is 86.5 Å². The van der Waals surface area contributed by atoms with Gasteiger partial charge in [-0.3, -0.25) is 9.69 Å². The number of benzene rings is 2. The summed E-state index contributed by atoms with van der Waals surface area (Å²) in [6.45, 7) is 0. The highest BCUT2D eigenvalue weighted by Gasteiger charge is 2.42. The summed E-state index contributed by atoms with van der Waals surface area (Å²) in [6, 6.07) is 15.6. The largest absolute Gasteiger partial charge is 0.279 e. The number of nitrogens with zero attached hydrogens (tertiary/aromatic N) is 2. The lowest BCUT2D eigenvalue weighted by atomic mass is 9.83. The van der Waals surface area contributed by atoms with E-state index in [0.717, 1.165) is 46.3 Å². The maximum atomic E-state index is 12.7. The fraction of sp³-hybridized carbons (Fsp3) is 0.217. The van der Waals surface area contributed by atoms with Gasteiger partial charge in [-0.15, -0.1) is 0 Å². The second-order valence-corrected chi connectivity index (χ2v) is 9.16. The molecule has 0 spiro atoms. The number of amides is 1. The Bertz CT molecular complexity index is 1070. The van der Waals surface area contributed by atoms with Gasteiger partial charge in [0.15, 0.2) is 5.17 Å². The Morgan fingerprint density at radius 2 is 1.69 bits per heavy atom. The standard InChI is InChI=1S/C23H18Cl2N2OS/c24-17-8-4-14(5-9-17)12-16-2-1-3-19-21(16)26-23-27(20(28)13-29-23)22(19)15-6-10-18(25)11-7-15/h4-12,22H,1-3,13H2/b16-12+/t22-/m1/s1.